The molecule has 0 saturated carbocycles. The molecule has 1 aliphatic rings. The SMILES string of the molecule is COc1ccc(C(=O)CC2(C)CC(=O)N2C(C(=O)OCc2ccccc2[N+](=O)[O-])[PH](c2ccccc2)(c2ccccc2)c2ccccc2)cc1. The molecular formula is C40H37N2O7P. The number of nitro groups is 1. The molecule has 0 bridgehead atoms. The quantitative estimate of drug-likeness (QED) is 0.0374. The number of Topliss-reactive ketones (excluding diaryl/α,β-unsaturated/α-hetero) is 1. The summed E-state index contributed by atoms with van der Waals surface area (Å²) in [5.74, 6) is -1.76. The molecule has 50 heavy (non-hydrogen) atoms. The number of β-lactam (4-membered cyclic amide) rings is 1. The topological polar surface area (TPSA) is 116 Å². The van der Waals surface area contributed by atoms with Gasteiger partial charge in [-0.1, -0.05) is 0 Å². The zero-order valence-corrected chi connectivity index (χ0v) is 28.7. The van der Waals surface area contributed by atoms with Gasteiger partial charge in [0.2, 0.25) is 0 Å². The zero-order valence-electron chi connectivity index (χ0n) is 27.7. The van der Waals surface area contributed by atoms with Crippen molar-refractivity contribution in [1.29, 1.82) is 0 Å². The second-order valence-electron chi connectivity index (χ2n) is 12.6. The number of esters is 1. The number of nitrogens with zero attached hydrogens (tertiary/aromatic N) is 2. The van der Waals surface area contributed by atoms with Gasteiger partial charge in [-0.15, -0.1) is 0 Å². The molecule has 0 spiro atoms. The summed E-state index contributed by atoms with van der Waals surface area (Å²) >= 11 is 0. The van der Waals surface area contributed by atoms with E-state index in [1.807, 2.05) is 97.9 Å². The Morgan fingerprint density at radius 1 is 0.800 bits per heavy atom. The van der Waals surface area contributed by atoms with Crippen molar-refractivity contribution >= 4 is 46.5 Å². The van der Waals surface area contributed by atoms with Crippen molar-refractivity contribution in [3.05, 3.63) is 161 Å². The van der Waals surface area contributed by atoms with E-state index in [9.17, 15) is 19.7 Å². The summed E-state index contributed by atoms with van der Waals surface area (Å²) in [7, 11) is -2.08. The Balaban J connectivity index is 1.54. The summed E-state index contributed by atoms with van der Waals surface area (Å²) in [6.07, 6.45) is 0.00748. The van der Waals surface area contributed by atoms with Gasteiger partial charge in [0.25, 0.3) is 0 Å². The van der Waals surface area contributed by atoms with E-state index in [1.165, 1.54) is 6.07 Å². The molecule has 1 saturated heterocycles. The Morgan fingerprint density at radius 3 is 1.78 bits per heavy atom. The van der Waals surface area contributed by atoms with Crippen molar-refractivity contribution in [2.45, 2.75) is 37.7 Å². The second-order valence-corrected chi connectivity index (χ2v) is 16.5. The summed E-state index contributed by atoms with van der Waals surface area (Å²) in [6.45, 7) is 1.46. The number of benzene rings is 5. The molecule has 1 aliphatic heterocycles. The maximum absolute atomic E-state index is 15.0. The van der Waals surface area contributed by atoms with E-state index in [2.05, 4.69) is 0 Å². The molecule has 2 atom stereocenters. The standard InChI is InChI=1S/C40H37N2O7P/c1-40(26-36(43)29-22-24-31(48-2)25-23-29)27-37(44)41(40)38(39(45)49-28-30-14-12-13-21-35(30)42(46)47)50(32-15-6-3-7-16-32,33-17-8-4-9-18-33)34-19-10-5-11-20-34/h3-25,38,50H,26-28H2,1-2H3. The van der Waals surface area contributed by atoms with Crippen LogP contribution in [-0.4, -0.2) is 45.9 Å². The summed E-state index contributed by atoms with van der Waals surface area (Å²) in [6, 6.07) is 41.8. The fourth-order valence-corrected chi connectivity index (χ4v) is 12.5. The van der Waals surface area contributed by atoms with E-state index in [-0.39, 0.29) is 42.4 Å². The predicted molar refractivity (Wildman–Crippen MR) is 195 cm³/mol. The minimum atomic E-state index is -3.63. The first-order valence-electron chi connectivity index (χ1n) is 16.2. The first-order chi connectivity index (χ1) is 24.2. The first kappa shape index (κ1) is 34.2. The number of hydrogen-bond acceptors (Lipinski definition) is 7. The Morgan fingerprint density at radius 2 is 1.30 bits per heavy atom. The van der Waals surface area contributed by atoms with Gasteiger partial charge in [-0.05, 0) is 0 Å². The van der Waals surface area contributed by atoms with Crippen LogP contribution < -0.4 is 20.7 Å². The van der Waals surface area contributed by atoms with Crippen LogP contribution in [0.2, 0.25) is 0 Å². The molecule has 1 heterocycles. The molecule has 1 amide bonds. The van der Waals surface area contributed by atoms with E-state index in [0.29, 0.717) is 11.3 Å². The third-order valence-corrected chi connectivity index (χ3v) is 14.5. The molecule has 0 N–H and O–H groups in total. The van der Waals surface area contributed by atoms with Gasteiger partial charge < -0.3 is 0 Å². The Kier molecular flexibility index (Phi) is 9.88. The third-order valence-electron chi connectivity index (χ3n) is 9.47. The van der Waals surface area contributed by atoms with Crippen molar-refractivity contribution in [3.8, 4) is 5.75 Å². The normalized spacial score (nSPS) is 16.5. The van der Waals surface area contributed by atoms with E-state index in [0.717, 1.165) is 15.9 Å². The van der Waals surface area contributed by atoms with Crippen molar-refractivity contribution in [3.63, 3.8) is 0 Å². The van der Waals surface area contributed by atoms with Crippen LogP contribution in [0.3, 0.4) is 0 Å². The monoisotopic (exact) mass is 688 g/mol. The number of para-hydroxylation sites is 1. The first-order valence-corrected chi connectivity index (χ1v) is 18.3. The van der Waals surface area contributed by atoms with Crippen molar-refractivity contribution in [2.75, 3.05) is 7.11 Å². The van der Waals surface area contributed by atoms with Crippen LogP contribution in [-0.2, 0) is 20.9 Å². The van der Waals surface area contributed by atoms with Crippen LogP contribution >= 0.6 is 7.26 Å². The molecule has 6 rings (SSSR count). The van der Waals surface area contributed by atoms with E-state index in [1.54, 1.807) is 54.5 Å². The number of ether oxygens (including phenoxy) is 2. The summed E-state index contributed by atoms with van der Waals surface area (Å²) in [5.41, 5.74) is -0.542. The number of rotatable bonds is 13. The van der Waals surface area contributed by atoms with Gasteiger partial charge in [-0.25, -0.2) is 0 Å². The van der Waals surface area contributed by atoms with Gasteiger partial charge in [-0.3, -0.25) is 0 Å². The van der Waals surface area contributed by atoms with Gasteiger partial charge in [-0.2, -0.15) is 0 Å². The summed E-state index contributed by atoms with van der Waals surface area (Å²) in [4.78, 5) is 55.8. The number of likely N-dealkylation sites (tertiary alicyclic amines) is 1. The number of amides is 1. The molecule has 5 aromatic rings. The zero-order chi connectivity index (χ0) is 35.3. The van der Waals surface area contributed by atoms with Crippen molar-refractivity contribution in [1.82, 2.24) is 4.90 Å². The number of ketones is 1. The van der Waals surface area contributed by atoms with Gasteiger partial charge in [0, 0.05) is 0 Å². The molecule has 5 aromatic carbocycles. The summed E-state index contributed by atoms with van der Waals surface area (Å²) in [5, 5.41) is 14.4. The van der Waals surface area contributed by atoms with Crippen molar-refractivity contribution in [2.24, 2.45) is 0 Å². The molecule has 1 fully saturated rings. The van der Waals surface area contributed by atoms with Crippen LogP contribution in [0.15, 0.2) is 140 Å². The average molecular weight is 689 g/mol. The van der Waals surface area contributed by atoms with E-state index in [4.69, 9.17) is 9.47 Å². The minimum absolute atomic E-state index is 0.0398. The molecule has 0 radical (unpaired) electrons. The number of carbonyl (C=O) groups excluding carboxylic acids is 3. The number of methoxy groups -OCH3 is 1. The van der Waals surface area contributed by atoms with Crippen LogP contribution in [0.4, 0.5) is 5.69 Å². The van der Waals surface area contributed by atoms with Gasteiger partial charge in [0.15, 0.2) is 0 Å². The fraction of sp³-hybridized carbons (Fsp3) is 0.175. The second kappa shape index (κ2) is 14.4. The van der Waals surface area contributed by atoms with Gasteiger partial charge in [0.1, 0.15) is 0 Å². The molecular weight excluding hydrogens is 651 g/mol. The number of nitro benzene ring substituents is 1. The molecule has 9 nitrogen and oxygen atoms in total. The molecule has 0 aliphatic carbocycles. The van der Waals surface area contributed by atoms with Crippen LogP contribution in [0, 0.1) is 10.1 Å². The van der Waals surface area contributed by atoms with Gasteiger partial charge >= 0.3 is 292 Å². The van der Waals surface area contributed by atoms with Crippen LogP contribution in [0.1, 0.15) is 35.7 Å². The number of hydrogen-bond donors (Lipinski definition) is 0. The Hall–Kier alpha value is -5.66. The van der Waals surface area contributed by atoms with Gasteiger partial charge in [0.05, 0.1) is 0 Å². The van der Waals surface area contributed by atoms with Crippen LogP contribution in [0.5, 0.6) is 5.75 Å². The predicted octanol–water partition coefficient (Wildman–Crippen LogP) is 5.96. The Labute approximate surface area is 291 Å². The molecule has 254 valence electrons. The summed E-state index contributed by atoms with van der Waals surface area (Å²) < 4.78 is 11.3. The van der Waals surface area contributed by atoms with Crippen molar-refractivity contribution < 1.29 is 28.8 Å². The number of carbonyl (C=O) groups is 3. The fourth-order valence-electron chi connectivity index (χ4n) is 7.13. The molecule has 0 aromatic heterocycles. The maximum atomic E-state index is 15.0. The van der Waals surface area contributed by atoms with E-state index < -0.39 is 29.5 Å². The molecule has 10 heteroatoms. The van der Waals surface area contributed by atoms with Crippen LogP contribution in [0.25, 0.3) is 0 Å². The average Bonchev–Trinajstić information content (AvgIpc) is 3.15. The third kappa shape index (κ3) is 6.40. The van der Waals surface area contributed by atoms with E-state index >= 15 is 4.79 Å². The Bertz CT molecular complexity index is 1910. The molecule has 2 unspecified atom stereocenters.